The fraction of sp³-hybridized carbons (Fsp3) is 0.368. The Labute approximate surface area is 180 Å². The molecule has 1 aliphatic rings. The van der Waals surface area contributed by atoms with Gasteiger partial charge in [0.1, 0.15) is 0 Å². The van der Waals surface area contributed by atoms with Gasteiger partial charge in [-0.1, -0.05) is 12.8 Å². The van der Waals surface area contributed by atoms with Gasteiger partial charge in [-0.15, -0.1) is 0 Å². The third-order valence-corrected chi connectivity index (χ3v) is 6.27. The van der Waals surface area contributed by atoms with Crippen LogP contribution in [0, 0.1) is 5.92 Å². The zero-order valence-corrected chi connectivity index (χ0v) is 18.1. The second-order valence-corrected chi connectivity index (χ2v) is 8.99. The van der Waals surface area contributed by atoms with Gasteiger partial charge in [-0.05, 0) is 55.2 Å². The molecule has 1 aromatic heterocycles. The van der Waals surface area contributed by atoms with Crippen LogP contribution in [0.1, 0.15) is 32.1 Å². The smallest absolute Gasteiger partial charge is 0.263 e. The van der Waals surface area contributed by atoms with Crippen molar-refractivity contribution in [2.24, 2.45) is 5.92 Å². The third kappa shape index (κ3) is 5.86. The maximum atomic E-state index is 12.6. The van der Waals surface area contributed by atoms with Crippen LogP contribution < -0.4 is 20.1 Å². The molecule has 0 saturated heterocycles. The lowest BCUT2D eigenvalue weighted by molar-refractivity contribution is -0.120. The second-order valence-electron chi connectivity index (χ2n) is 6.90. The van der Waals surface area contributed by atoms with Crippen LogP contribution >= 0.6 is 12.2 Å². The van der Waals surface area contributed by atoms with Gasteiger partial charge in [0.2, 0.25) is 11.7 Å². The van der Waals surface area contributed by atoms with Crippen molar-refractivity contribution in [2.45, 2.75) is 37.0 Å². The van der Waals surface area contributed by atoms with Gasteiger partial charge in [-0.2, -0.15) is 0 Å². The fourth-order valence-electron chi connectivity index (χ4n) is 3.26. The summed E-state index contributed by atoms with van der Waals surface area (Å²) >= 11 is 5.17. The lowest BCUT2D eigenvalue weighted by Gasteiger charge is -2.13. The molecular weight excluding hydrogens is 426 g/mol. The van der Waals surface area contributed by atoms with E-state index >= 15 is 0 Å². The van der Waals surface area contributed by atoms with Crippen molar-refractivity contribution >= 4 is 44.8 Å². The number of methoxy groups -OCH3 is 1. The standard InChI is InChI=1S/C19H23N5O4S2/c1-28-18-17(20-10-11-21-18)24-30(26,27)15-8-6-14(7-9-15)22-19(29)23-16(25)12-13-4-2-3-5-13/h6-11,13H,2-5,12H2,1H3,(H,20,24)(H2,22,23,25,29). The molecular formula is C19H23N5O4S2. The Morgan fingerprint density at radius 2 is 1.83 bits per heavy atom. The molecule has 3 N–H and O–H groups in total. The number of carbonyl (C=O) groups is 1. The number of hydrogen-bond donors (Lipinski definition) is 3. The number of amides is 1. The summed E-state index contributed by atoms with van der Waals surface area (Å²) < 4.78 is 32.5. The number of hydrogen-bond acceptors (Lipinski definition) is 7. The van der Waals surface area contributed by atoms with E-state index in [1.54, 1.807) is 12.1 Å². The lowest BCUT2D eigenvalue weighted by atomic mass is 10.0. The zero-order chi connectivity index (χ0) is 21.6. The first kappa shape index (κ1) is 21.9. The molecule has 160 valence electrons. The Balaban J connectivity index is 1.58. The summed E-state index contributed by atoms with van der Waals surface area (Å²) in [6.07, 6.45) is 7.73. The van der Waals surface area contributed by atoms with Crippen molar-refractivity contribution < 1.29 is 17.9 Å². The minimum atomic E-state index is -3.89. The molecule has 0 unspecified atom stereocenters. The first-order valence-electron chi connectivity index (χ1n) is 9.46. The van der Waals surface area contributed by atoms with E-state index in [0.29, 0.717) is 18.0 Å². The minimum Gasteiger partial charge on any atom is -0.478 e. The SMILES string of the molecule is COc1nccnc1NS(=O)(=O)c1ccc(NC(=S)NC(=O)CC2CCCC2)cc1. The molecule has 3 rings (SSSR count). The van der Waals surface area contributed by atoms with Crippen LogP contribution in [0.4, 0.5) is 11.5 Å². The summed E-state index contributed by atoms with van der Waals surface area (Å²) in [5, 5.41) is 5.73. The Kier molecular flexibility index (Phi) is 7.16. The van der Waals surface area contributed by atoms with Crippen molar-refractivity contribution in [1.29, 1.82) is 0 Å². The average molecular weight is 450 g/mol. The van der Waals surface area contributed by atoms with E-state index in [4.69, 9.17) is 17.0 Å². The highest BCUT2D eigenvalue weighted by molar-refractivity contribution is 7.92. The van der Waals surface area contributed by atoms with Gasteiger partial charge in [0.25, 0.3) is 15.9 Å². The topological polar surface area (TPSA) is 122 Å². The molecule has 0 atom stereocenters. The van der Waals surface area contributed by atoms with Crippen molar-refractivity contribution in [2.75, 3.05) is 17.1 Å². The number of sulfonamides is 1. The summed E-state index contributed by atoms with van der Waals surface area (Å²) in [5.74, 6) is 0.379. The monoisotopic (exact) mass is 449 g/mol. The lowest BCUT2D eigenvalue weighted by Crippen LogP contribution is -2.34. The van der Waals surface area contributed by atoms with E-state index in [2.05, 4.69) is 25.3 Å². The van der Waals surface area contributed by atoms with Gasteiger partial charge in [-0.25, -0.2) is 18.4 Å². The van der Waals surface area contributed by atoms with Gasteiger partial charge in [0.05, 0.1) is 12.0 Å². The van der Waals surface area contributed by atoms with E-state index in [9.17, 15) is 13.2 Å². The molecule has 1 fully saturated rings. The van der Waals surface area contributed by atoms with Crippen LogP contribution in [-0.4, -0.2) is 36.5 Å². The first-order chi connectivity index (χ1) is 14.4. The quantitative estimate of drug-likeness (QED) is 0.552. The van der Waals surface area contributed by atoms with Crippen molar-refractivity contribution in [3.05, 3.63) is 36.7 Å². The Bertz CT molecular complexity index is 1010. The number of thiocarbonyl (C=S) groups is 1. The summed E-state index contributed by atoms with van der Waals surface area (Å²) in [6, 6.07) is 5.93. The number of anilines is 2. The number of aromatic nitrogens is 2. The van der Waals surface area contributed by atoms with Crippen LogP contribution in [0.25, 0.3) is 0 Å². The fourth-order valence-corrected chi connectivity index (χ4v) is 4.50. The normalized spacial score (nSPS) is 14.2. The summed E-state index contributed by atoms with van der Waals surface area (Å²) in [4.78, 5) is 19.9. The average Bonchev–Trinajstić information content (AvgIpc) is 3.21. The molecule has 0 spiro atoms. The van der Waals surface area contributed by atoms with Crippen LogP contribution in [0.2, 0.25) is 0 Å². The highest BCUT2D eigenvalue weighted by atomic mass is 32.2. The molecule has 0 bridgehead atoms. The molecule has 1 aromatic carbocycles. The summed E-state index contributed by atoms with van der Waals surface area (Å²) in [6.45, 7) is 0. The van der Waals surface area contributed by atoms with Crippen molar-refractivity contribution in [3.63, 3.8) is 0 Å². The Morgan fingerprint density at radius 3 is 2.50 bits per heavy atom. The molecule has 0 aliphatic heterocycles. The van der Waals surface area contributed by atoms with E-state index < -0.39 is 10.0 Å². The van der Waals surface area contributed by atoms with E-state index in [1.807, 2.05) is 0 Å². The van der Waals surface area contributed by atoms with E-state index in [0.717, 1.165) is 12.8 Å². The van der Waals surface area contributed by atoms with Crippen molar-refractivity contribution in [3.8, 4) is 5.88 Å². The van der Waals surface area contributed by atoms with Gasteiger partial charge < -0.3 is 15.4 Å². The van der Waals surface area contributed by atoms with Crippen LogP contribution in [0.3, 0.4) is 0 Å². The Morgan fingerprint density at radius 1 is 1.17 bits per heavy atom. The number of carbonyl (C=O) groups excluding carboxylic acids is 1. The number of ether oxygens (including phenoxy) is 1. The van der Waals surface area contributed by atoms with Crippen LogP contribution in [0.15, 0.2) is 41.6 Å². The van der Waals surface area contributed by atoms with Crippen LogP contribution in [0.5, 0.6) is 5.88 Å². The largest absolute Gasteiger partial charge is 0.478 e. The number of nitrogens with zero attached hydrogens (tertiary/aromatic N) is 2. The maximum Gasteiger partial charge on any atom is 0.263 e. The third-order valence-electron chi connectivity index (χ3n) is 4.71. The predicted molar refractivity (Wildman–Crippen MR) is 117 cm³/mol. The van der Waals surface area contributed by atoms with Crippen molar-refractivity contribution in [1.82, 2.24) is 15.3 Å². The molecule has 1 heterocycles. The molecule has 0 radical (unpaired) electrons. The molecule has 30 heavy (non-hydrogen) atoms. The molecule has 9 nitrogen and oxygen atoms in total. The zero-order valence-electron chi connectivity index (χ0n) is 16.4. The van der Waals surface area contributed by atoms with Gasteiger partial charge in [0, 0.05) is 24.5 Å². The summed E-state index contributed by atoms with van der Waals surface area (Å²) in [7, 11) is -2.51. The summed E-state index contributed by atoms with van der Waals surface area (Å²) in [5.41, 5.74) is 0.553. The first-order valence-corrected chi connectivity index (χ1v) is 11.4. The molecule has 1 saturated carbocycles. The van der Waals surface area contributed by atoms with Gasteiger partial charge in [0.15, 0.2) is 5.11 Å². The highest BCUT2D eigenvalue weighted by Gasteiger charge is 2.20. The Hall–Kier alpha value is -2.79. The number of nitrogens with one attached hydrogen (secondary N) is 3. The predicted octanol–water partition coefficient (Wildman–Crippen LogP) is 2.68. The van der Waals surface area contributed by atoms with E-state index in [1.165, 1.54) is 44.5 Å². The van der Waals surface area contributed by atoms with Gasteiger partial charge in [-0.3, -0.25) is 9.52 Å². The highest BCUT2D eigenvalue weighted by Crippen LogP contribution is 2.27. The molecule has 1 amide bonds. The molecule has 2 aromatic rings. The number of rotatable bonds is 7. The van der Waals surface area contributed by atoms with Gasteiger partial charge >= 0.3 is 0 Å². The molecule has 11 heteroatoms. The molecule has 1 aliphatic carbocycles. The second kappa shape index (κ2) is 9.81. The van der Waals surface area contributed by atoms with Crippen LogP contribution in [-0.2, 0) is 14.8 Å². The van der Waals surface area contributed by atoms with E-state index in [-0.39, 0.29) is 27.6 Å². The number of benzene rings is 1. The maximum absolute atomic E-state index is 12.6. The minimum absolute atomic E-state index is 0.00615.